The van der Waals surface area contributed by atoms with Crippen LogP contribution in [-0.2, 0) is 0 Å². The minimum absolute atomic E-state index is 0.438. The first-order valence-electron chi connectivity index (χ1n) is 11.5. The number of hydrogen-bond donors (Lipinski definition) is 1. The van der Waals surface area contributed by atoms with Crippen molar-refractivity contribution in [2.45, 2.75) is 25.7 Å². The summed E-state index contributed by atoms with van der Waals surface area (Å²) in [6, 6.07) is 8.87. The molecule has 2 aliphatic rings. The topological polar surface area (TPSA) is 79.1 Å². The Bertz CT molecular complexity index is 1130. The predicted octanol–water partition coefficient (Wildman–Crippen LogP) is 5.29. The lowest BCUT2D eigenvalue weighted by molar-refractivity contribution is 0.161. The number of benzene rings is 2. The summed E-state index contributed by atoms with van der Waals surface area (Å²) >= 11 is 6.16. The lowest BCUT2D eigenvalue weighted by Crippen LogP contribution is -2.31. The number of nitrogen functional groups attached to an aromatic ring is 1. The highest BCUT2D eigenvalue weighted by atomic mass is 35.5. The van der Waals surface area contributed by atoms with Gasteiger partial charge in [-0.15, -0.1) is 0 Å². The molecule has 2 aromatic carbocycles. The van der Waals surface area contributed by atoms with Crippen molar-refractivity contribution in [1.82, 2.24) is 9.88 Å². The van der Waals surface area contributed by atoms with Gasteiger partial charge in [-0.05, 0) is 50.6 Å². The fourth-order valence-electron chi connectivity index (χ4n) is 4.32. The number of rotatable bonds is 7. The van der Waals surface area contributed by atoms with Crippen LogP contribution in [0.4, 0.5) is 5.69 Å². The number of pyridine rings is 1. The Morgan fingerprint density at radius 2 is 1.82 bits per heavy atom. The third kappa shape index (κ3) is 4.89. The number of fused-ring (bicyclic) bond motifs is 3. The van der Waals surface area contributed by atoms with Crippen molar-refractivity contribution in [1.29, 1.82) is 0 Å². The van der Waals surface area contributed by atoms with Gasteiger partial charge in [-0.25, -0.2) is 0 Å². The summed E-state index contributed by atoms with van der Waals surface area (Å²) < 4.78 is 24.3. The van der Waals surface area contributed by atoms with E-state index in [-0.39, 0.29) is 0 Å². The molecule has 174 valence electrons. The summed E-state index contributed by atoms with van der Waals surface area (Å²) in [5.74, 6) is 3.01. The van der Waals surface area contributed by atoms with E-state index in [4.69, 9.17) is 36.3 Å². The number of nitrogens with two attached hydrogens (primary N) is 1. The van der Waals surface area contributed by atoms with E-state index in [2.05, 4.69) is 9.88 Å². The summed E-state index contributed by atoms with van der Waals surface area (Å²) in [4.78, 5) is 7.05. The minimum atomic E-state index is 0.438. The number of likely N-dealkylation sites (tertiary alicyclic amines) is 1. The molecule has 0 unspecified atom stereocenters. The largest absolute Gasteiger partial charge is 0.489 e. The van der Waals surface area contributed by atoms with E-state index in [0.29, 0.717) is 64.8 Å². The maximum atomic E-state index is 6.16. The van der Waals surface area contributed by atoms with E-state index in [1.54, 1.807) is 30.5 Å². The van der Waals surface area contributed by atoms with Crippen molar-refractivity contribution in [2.24, 2.45) is 0 Å². The minimum Gasteiger partial charge on any atom is -0.489 e. The van der Waals surface area contributed by atoms with Crippen LogP contribution in [0.25, 0.3) is 10.9 Å². The fraction of sp³-hybridized carbons (Fsp3) is 0.400. The van der Waals surface area contributed by atoms with Crippen LogP contribution in [0.1, 0.15) is 25.7 Å². The summed E-state index contributed by atoms with van der Waals surface area (Å²) in [6.07, 6.45) is 6.60. The van der Waals surface area contributed by atoms with Crippen LogP contribution in [0.5, 0.6) is 28.7 Å². The van der Waals surface area contributed by atoms with E-state index in [9.17, 15) is 0 Å². The molecule has 8 heteroatoms. The van der Waals surface area contributed by atoms with Gasteiger partial charge in [0.2, 0.25) is 5.75 Å². The van der Waals surface area contributed by atoms with Gasteiger partial charge in [0.25, 0.3) is 0 Å². The lowest BCUT2D eigenvalue weighted by atomic mass is 10.1. The average Bonchev–Trinajstić information content (AvgIpc) is 2.85. The number of piperidine rings is 1. The smallest absolute Gasteiger partial charge is 0.204 e. The molecule has 0 bridgehead atoms. The third-order valence-corrected chi connectivity index (χ3v) is 6.30. The summed E-state index contributed by atoms with van der Waals surface area (Å²) in [5, 5.41) is 1.17. The molecule has 1 fully saturated rings. The molecule has 0 radical (unpaired) electrons. The van der Waals surface area contributed by atoms with Crippen molar-refractivity contribution in [3.05, 3.63) is 41.6 Å². The molecule has 0 atom stereocenters. The average molecular weight is 470 g/mol. The van der Waals surface area contributed by atoms with Crippen LogP contribution in [0.15, 0.2) is 36.5 Å². The highest BCUT2D eigenvalue weighted by Gasteiger charge is 2.24. The number of nitrogens with zero attached hydrogens (tertiary/aromatic N) is 2. The maximum absolute atomic E-state index is 6.16. The molecule has 1 aromatic heterocycles. The second kappa shape index (κ2) is 9.93. The van der Waals surface area contributed by atoms with Crippen LogP contribution in [0.3, 0.4) is 0 Å². The quantitative estimate of drug-likeness (QED) is 0.372. The molecule has 2 aliphatic heterocycles. The third-order valence-electron chi connectivity index (χ3n) is 5.97. The Kier molecular flexibility index (Phi) is 6.60. The molecule has 0 aliphatic carbocycles. The zero-order valence-corrected chi connectivity index (χ0v) is 19.3. The first-order chi connectivity index (χ1) is 16.2. The van der Waals surface area contributed by atoms with Crippen LogP contribution in [-0.4, -0.2) is 49.3 Å². The molecule has 1 saturated heterocycles. The number of aromatic nitrogens is 1. The number of hydrogen-bond acceptors (Lipinski definition) is 7. The molecule has 3 aromatic rings. The number of ether oxygens (including phenoxy) is 4. The molecule has 5 rings (SSSR count). The molecule has 0 saturated carbocycles. The summed E-state index contributed by atoms with van der Waals surface area (Å²) in [6.45, 7) is 4.95. The van der Waals surface area contributed by atoms with Crippen molar-refractivity contribution >= 4 is 28.2 Å². The van der Waals surface area contributed by atoms with Crippen LogP contribution < -0.4 is 24.7 Å². The molecule has 7 nitrogen and oxygen atoms in total. The summed E-state index contributed by atoms with van der Waals surface area (Å²) in [5.41, 5.74) is 7.03. The van der Waals surface area contributed by atoms with Gasteiger partial charge in [-0.2, -0.15) is 0 Å². The van der Waals surface area contributed by atoms with Gasteiger partial charge in [-0.1, -0.05) is 18.0 Å². The van der Waals surface area contributed by atoms with Gasteiger partial charge in [0, 0.05) is 24.9 Å². The lowest BCUT2D eigenvalue weighted by Gasteiger charge is -2.26. The van der Waals surface area contributed by atoms with Crippen molar-refractivity contribution in [3.63, 3.8) is 0 Å². The van der Waals surface area contributed by atoms with Gasteiger partial charge in [0.15, 0.2) is 11.5 Å². The molecule has 3 heterocycles. The van der Waals surface area contributed by atoms with Crippen LogP contribution >= 0.6 is 11.6 Å². The molecule has 0 spiro atoms. The van der Waals surface area contributed by atoms with Gasteiger partial charge < -0.3 is 29.6 Å². The van der Waals surface area contributed by atoms with Crippen molar-refractivity contribution < 1.29 is 18.9 Å². The normalized spacial score (nSPS) is 16.0. The van der Waals surface area contributed by atoms with Gasteiger partial charge in [0.05, 0.1) is 28.2 Å². The van der Waals surface area contributed by atoms with Crippen LogP contribution in [0, 0.1) is 0 Å². The monoisotopic (exact) mass is 469 g/mol. The van der Waals surface area contributed by atoms with E-state index in [0.717, 1.165) is 18.4 Å². The molecular formula is C25H28ClN3O4. The Labute approximate surface area is 198 Å². The number of halogens is 1. The van der Waals surface area contributed by atoms with E-state index in [1.165, 1.54) is 32.4 Å². The Morgan fingerprint density at radius 1 is 1.00 bits per heavy atom. The zero-order valence-electron chi connectivity index (χ0n) is 18.5. The van der Waals surface area contributed by atoms with E-state index in [1.807, 2.05) is 6.07 Å². The van der Waals surface area contributed by atoms with Crippen molar-refractivity contribution in [3.8, 4) is 28.7 Å². The van der Waals surface area contributed by atoms with Gasteiger partial charge in [0.1, 0.15) is 24.7 Å². The van der Waals surface area contributed by atoms with Gasteiger partial charge >= 0.3 is 0 Å². The SMILES string of the molecule is Nc1ccc(Oc2ccnc3cc(OCCCN4CCCCC4)c4c(c23)OCCO4)cc1Cl. The summed E-state index contributed by atoms with van der Waals surface area (Å²) in [7, 11) is 0. The highest BCUT2D eigenvalue weighted by Crippen LogP contribution is 2.48. The Balaban J connectivity index is 1.39. The number of anilines is 1. The van der Waals surface area contributed by atoms with E-state index >= 15 is 0 Å². The standard InChI is InChI=1S/C25H28ClN3O4/c26-18-15-17(5-6-19(18)27)33-21-7-8-28-20-16-22(24-25(23(20)21)32-14-13-31-24)30-12-4-11-29-9-2-1-3-10-29/h5-8,15-16H,1-4,9-14,27H2. The molecule has 2 N–H and O–H groups in total. The second-order valence-corrected chi connectivity index (χ2v) is 8.73. The fourth-order valence-corrected chi connectivity index (χ4v) is 4.49. The molecular weight excluding hydrogens is 442 g/mol. The highest BCUT2D eigenvalue weighted by molar-refractivity contribution is 6.33. The first-order valence-corrected chi connectivity index (χ1v) is 11.9. The van der Waals surface area contributed by atoms with Gasteiger partial charge in [-0.3, -0.25) is 4.98 Å². The maximum Gasteiger partial charge on any atom is 0.204 e. The van der Waals surface area contributed by atoms with Crippen molar-refractivity contribution in [2.75, 3.05) is 45.2 Å². The Morgan fingerprint density at radius 3 is 2.64 bits per heavy atom. The second-order valence-electron chi connectivity index (χ2n) is 8.32. The van der Waals surface area contributed by atoms with E-state index < -0.39 is 0 Å². The van der Waals surface area contributed by atoms with Crippen LogP contribution in [0.2, 0.25) is 5.02 Å². The zero-order chi connectivity index (χ0) is 22.6. The molecule has 0 amide bonds. The Hall–Kier alpha value is -2.90. The predicted molar refractivity (Wildman–Crippen MR) is 129 cm³/mol. The first kappa shape index (κ1) is 21.9. The molecule has 33 heavy (non-hydrogen) atoms.